The molecular formula is C22H24N4OS. The fourth-order valence-corrected chi connectivity index (χ4v) is 5.39. The molecule has 1 aliphatic carbocycles. The van der Waals surface area contributed by atoms with E-state index in [2.05, 4.69) is 39.8 Å². The number of nitrogens with zero attached hydrogens (tertiary/aromatic N) is 2. The van der Waals surface area contributed by atoms with Crippen molar-refractivity contribution in [2.24, 2.45) is 0 Å². The Morgan fingerprint density at radius 3 is 2.93 bits per heavy atom. The summed E-state index contributed by atoms with van der Waals surface area (Å²) in [5, 5.41) is 7.67. The van der Waals surface area contributed by atoms with Crippen LogP contribution in [-0.4, -0.2) is 37.1 Å². The topological polar surface area (TPSA) is 57.3 Å². The molecule has 144 valence electrons. The fourth-order valence-electron chi connectivity index (χ4n) is 4.26. The van der Waals surface area contributed by atoms with E-state index in [1.807, 2.05) is 19.1 Å². The molecule has 1 aromatic heterocycles. The van der Waals surface area contributed by atoms with E-state index in [0.717, 1.165) is 65.5 Å². The summed E-state index contributed by atoms with van der Waals surface area (Å²) in [6.07, 6.45) is 2.00. The summed E-state index contributed by atoms with van der Waals surface area (Å²) in [4.78, 5) is 20.2. The Kier molecular flexibility index (Phi) is 4.53. The molecule has 5 rings (SSSR count). The molecule has 5 nitrogen and oxygen atoms in total. The number of nitrogens with one attached hydrogen (secondary N) is 2. The van der Waals surface area contributed by atoms with Crippen LogP contribution in [0.1, 0.15) is 39.5 Å². The maximum atomic E-state index is 13.0. The molecule has 0 bridgehead atoms. The quantitative estimate of drug-likeness (QED) is 0.717. The summed E-state index contributed by atoms with van der Waals surface area (Å²) in [5.74, 6) is 0.00354. The fraction of sp³-hybridized carbons (Fsp3) is 0.364. The van der Waals surface area contributed by atoms with Crippen molar-refractivity contribution in [2.75, 3.05) is 31.1 Å². The predicted molar refractivity (Wildman–Crippen MR) is 114 cm³/mol. The number of piperazine rings is 1. The van der Waals surface area contributed by atoms with E-state index in [-0.39, 0.29) is 11.9 Å². The maximum Gasteiger partial charge on any atom is 0.251 e. The molecule has 0 unspecified atom stereocenters. The van der Waals surface area contributed by atoms with E-state index in [1.54, 1.807) is 11.3 Å². The summed E-state index contributed by atoms with van der Waals surface area (Å²) >= 11 is 1.69. The number of carbonyl (C=O) groups excluding carboxylic acids is 1. The zero-order chi connectivity index (χ0) is 19.1. The SMILES string of the molecule is Cc1cc(C(=O)N[C@H]2CCc3ccccc32)cc2sc(N3CCNCC3)nc12. The van der Waals surface area contributed by atoms with Gasteiger partial charge in [0, 0.05) is 31.7 Å². The largest absolute Gasteiger partial charge is 0.346 e. The van der Waals surface area contributed by atoms with Gasteiger partial charge >= 0.3 is 0 Å². The van der Waals surface area contributed by atoms with Crippen molar-refractivity contribution in [2.45, 2.75) is 25.8 Å². The molecule has 1 aliphatic heterocycles. The Morgan fingerprint density at radius 2 is 2.07 bits per heavy atom. The van der Waals surface area contributed by atoms with Crippen LogP contribution in [0, 0.1) is 6.92 Å². The second-order valence-corrected chi connectivity index (χ2v) is 8.65. The molecule has 28 heavy (non-hydrogen) atoms. The lowest BCUT2D eigenvalue weighted by molar-refractivity contribution is 0.0937. The number of hydrogen-bond acceptors (Lipinski definition) is 5. The van der Waals surface area contributed by atoms with Crippen LogP contribution in [0.5, 0.6) is 0 Å². The van der Waals surface area contributed by atoms with Gasteiger partial charge in [0.1, 0.15) is 0 Å². The van der Waals surface area contributed by atoms with Crippen LogP contribution in [0.2, 0.25) is 0 Å². The number of amides is 1. The number of aromatic nitrogens is 1. The Hall–Kier alpha value is -2.44. The van der Waals surface area contributed by atoms with Gasteiger partial charge in [-0.15, -0.1) is 0 Å². The first-order chi connectivity index (χ1) is 13.7. The van der Waals surface area contributed by atoms with Crippen molar-refractivity contribution in [3.05, 3.63) is 58.7 Å². The lowest BCUT2D eigenvalue weighted by atomic mass is 10.1. The van der Waals surface area contributed by atoms with Gasteiger partial charge in [0.25, 0.3) is 5.91 Å². The standard InChI is InChI=1S/C22H24N4OS/c1-14-12-16(21(27)24-18-7-6-15-4-2-3-5-17(15)18)13-19-20(14)25-22(28-19)26-10-8-23-9-11-26/h2-5,12-13,18,23H,6-11H2,1H3,(H,24,27)/t18-/m0/s1. The van der Waals surface area contributed by atoms with Gasteiger partial charge in [0.2, 0.25) is 0 Å². The molecule has 1 fully saturated rings. The van der Waals surface area contributed by atoms with E-state index in [0.29, 0.717) is 0 Å². The molecule has 2 aromatic carbocycles. The van der Waals surface area contributed by atoms with Gasteiger partial charge in [-0.1, -0.05) is 35.6 Å². The molecule has 2 heterocycles. The first-order valence-electron chi connectivity index (χ1n) is 9.94. The van der Waals surface area contributed by atoms with Crippen molar-refractivity contribution in [1.29, 1.82) is 0 Å². The van der Waals surface area contributed by atoms with Crippen LogP contribution in [-0.2, 0) is 6.42 Å². The highest BCUT2D eigenvalue weighted by Gasteiger charge is 2.24. The molecule has 2 N–H and O–H groups in total. The third-order valence-electron chi connectivity index (χ3n) is 5.76. The molecule has 0 spiro atoms. The summed E-state index contributed by atoms with van der Waals surface area (Å²) in [5.41, 5.74) is 5.41. The number of anilines is 1. The minimum absolute atomic E-state index is 0.00354. The Bertz CT molecular complexity index is 1040. The first kappa shape index (κ1) is 17.6. The number of hydrogen-bond donors (Lipinski definition) is 2. The number of carbonyl (C=O) groups is 1. The van der Waals surface area contributed by atoms with E-state index < -0.39 is 0 Å². The molecule has 6 heteroatoms. The van der Waals surface area contributed by atoms with Crippen LogP contribution in [0.15, 0.2) is 36.4 Å². The zero-order valence-corrected chi connectivity index (χ0v) is 16.8. The highest BCUT2D eigenvalue weighted by Crippen LogP contribution is 2.33. The van der Waals surface area contributed by atoms with Crippen LogP contribution in [0.25, 0.3) is 10.2 Å². The van der Waals surface area contributed by atoms with Crippen molar-refractivity contribution < 1.29 is 4.79 Å². The smallest absolute Gasteiger partial charge is 0.251 e. The van der Waals surface area contributed by atoms with Crippen molar-refractivity contribution in [1.82, 2.24) is 15.6 Å². The van der Waals surface area contributed by atoms with E-state index in [4.69, 9.17) is 4.98 Å². The first-order valence-corrected chi connectivity index (χ1v) is 10.8. The van der Waals surface area contributed by atoms with Crippen LogP contribution in [0.3, 0.4) is 0 Å². The van der Waals surface area contributed by atoms with Gasteiger partial charge in [-0.25, -0.2) is 4.98 Å². The molecule has 1 atom stereocenters. The zero-order valence-electron chi connectivity index (χ0n) is 16.0. The maximum absolute atomic E-state index is 13.0. The van der Waals surface area contributed by atoms with Gasteiger partial charge in [0.05, 0.1) is 16.3 Å². The average molecular weight is 393 g/mol. The number of thiazole rings is 1. The van der Waals surface area contributed by atoms with Crippen molar-refractivity contribution >= 4 is 32.6 Å². The molecule has 0 radical (unpaired) electrons. The Morgan fingerprint density at radius 1 is 1.25 bits per heavy atom. The highest BCUT2D eigenvalue weighted by atomic mass is 32.1. The van der Waals surface area contributed by atoms with Gasteiger partial charge in [0.15, 0.2) is 5.13 Å². The summed E-state index contributed by atoms with van der Waals surface area (Å²) in [6, 6.07) is 12.5. The predicted octanol–water partition coefficient (Wildman–Crippen LogP) is 3.43. The van der Waals surface area contributed by atoms with Crippen molar-refractivity contribution in [3.63, 3.8) is 0 Å². The molecular weight excluding hydrogens is 368 g/mol. The average Bonchev–Trinajstić information content (AvgIpc) is 3.33. The van der Waals surface area contributed by atoms with Crippen LogP contribution in [0.4, 0.5) is 5.13 Å². The number of aryl methyl sites for hydroxylation is 2. The van der Waals surface area contributed by atoms with Crippen LogP contribution < -0.4 is 15.5 Å². The van der Waals surface area contributed by atoms with Crippen molar-refractivity contribution in [3.8, 4) is 0 Å². The summed E-state index contributed by atoms with van der Waals surface area (Å²) in [6.45, 7) is 5.99. The monoisotopic (exact) mass is 392 g/mol. The normalized spacial score (nSPS) is 19.0. The van der Waals surface area contributed by atoms with Gasteiger partial charge in [-0.3, -0.25) is 4.79 Å². The number of rotatable bonds is 3. The number of benzene rings is 2. The highest BCUT2D eigenvalue weighted by molar-refractivity contribution is 7.22. The summed E-state index contributed by atoms with van der Waals surface area (Å²) < 4.78 is 1.09. The van der Waals surface area contributed by atoms with E-state index in [1.165, 1.54) is 11.1 Å². The lowest BCUT2D eigenvalue weighted by Gasteiger charge is -2.26. The second kappa shape index (κ2) is 7.18. The third-order valence-corrected chi connectivity index (χ3v) is 6.83. The molecule has 2 aliphatic rings. The second-order valence-electron chi connectivity index (χ2n) is 7.64. The van der Waals surface area contributed by atoms with Crippen LogP contribution >= 0.6 is 11.3 Å². The van der Waals surface area contributed by atoms with Gasteiger partial charge in [-0.05, 0) is 48.6 Å². The van der Waals surface area contributed by atoms with E-state index >= 15 is 0 Å². The third kappa shape index (κ3) is 3.16. The Labute approximate surface area is 168 Å². The van der Waals surface area contributed by atoms with Gasteiger partial charge < -0.3 is 15.5 Å². The molecule has 0 saturated carbocycles. The molecule has 1 saturated heterocycles. The lowest BCUT2D eigenvalue weighted by Crippen LogP contribution is -2.43. The van der Waals surface area contributed by atoms with E-state index in [9.17, 15) is 4.79 Å². The molecule has 1 amide bonds. The minimum atomic E-state index is 0.00354. The Balaban J connectivity index is 1.40. The number of fused-ring (bicyclic) bond motifs is 2. The summed E-state index contributed by atoms with van der Waals surface area (Å²) in [7, 11) is 0. The molecule has 3 aromatic rings. The van der Waals surface area contributed by atoms with Gasteiger partial charge in [-0.2, -0.15) is 0 Å². The minimum Gasteiger partial charge on any atom is -0.346 e.